The largest absolute Gasteiger partial charge is 0.478 e. The molecule has 3 aromatic rings. The van der Waals surface area contributed by atoms with Crippen molar-refractivity contribution < 1.29 is 26.7 Å². The quantitative estimate of drug-likeness (QED) is 0.661. The first-order valence-corrected chi connectivity index (χ1v) is 11.0. The lowest BCUT2D eigenvalue weighted by Crippen LogP contribution is -2.17. The number of fused-ring (bicyclic) bond motifs is 1. The third kappa shape index (κ3) is 2.86. The number of rotatable bonds is 4. The monoisotopic (exact) mass is 410 g/mol. The van der Waals surface area contributed by atoms with Gasteiger partial charge in [0, 0.05) is 15.8 Å². The molecule has 1 N–H and O–H groups in total. The molecule has 0 heterocycles. The summed E-state index contributed by atoms with van der Waals surface area (Å²) < 4.78 is 51.3. The highest BCUT2D eigenvalue weighted by molar-refractivity contribution is 8.67. The van der Waals surface area contributed by atoms with Gasteiger partial charge in [0.15, 0.2) is 0 Å². The van der Waals surface area contributed by atoms with Crippen molar-refractivity contribution >= 4 is 46.1 Å². The van der Waals surface area contributed by atoms with Gasteiger partial charge < -0.3 is 5.11 Å². The predicted molar refractivity (Wildman–Crippen MR) is 96.7 cm³/mol. The Morgan fingerprint density at radius 3 is 2.12 bits per heavy atom. The van der Waals surface area contributed by atoms with Gasteiger partial charge in [0.05, 0.1) is 15.4 Å². The summed E-state index contributed by atoms with van der Waals surface area (Å²) in [4.78, 5) is 10.0. The Morgan fingerprint density at radius 2 is 1.46 bits per heavy atom. The van der Waals surface area contributed by atoms with E-state index in [1.54, 1.807) is 18.2 Å². The van der Waals surface area contributed by atoms with Crippen molar-refractivity contribution in [1.29, 1.82) is 0 Å². The lowest BCUT2D eigenvalue weighted by Gasteiger charge is -2.10. The molecule has 3 aromatic carbocycles. The minimum atomic E-state index is -4.89. The van der Waals surface area contributed by atoms with Gasteiger partial charge in [-0.2, -0.15) is 0 Å². The SMILES string of the molecule is O=C(O)c1cccc(S(=O)(=O)S(=O)(=O)c2ccc(Cl)c3ccccc23)c1. The Labute approximate surface area is 153 Å². The lowest BCUT2D eigenvalue weighted by molar-refractivity contribution is 0.0696. The van der Waals surface area contributed by atoms with Crippen LogP contribution in [0, 0.1) is 0 Å². The van der Waals surface area contributed by atoms with Gasteiger partial charge in [0.1, 0.15) is 0 Å². The van der Waals surface area contributed by atoms with Gasteiger partial charge in [-0.15, -0.1) is 0 Å². The second-order valence-electron chi connectivity index (χ2n) is 5.33. The lowest BCUT2D eigenvalue weighted by atomic mass is 10.1. The van der Waals surface area contributed by atoms with E-state index in [-0.39, 0.29) is 16.0 Å². The summed E-state index contributed by atoms with van der Waals surface area (Å²) >= 11 is 6.06. The van der Waals surface area contributed by atoms with Crippen LogP contribution in [0.2, 0.25) is 5.02 Å². The van der Waals surface area contributed by atoms with Crippen LogP contribution in [0.1, 0.15) is 10.4 Å². The molecule has 0 atom stereocenters. The standard InChI is InChI=1S/C17H11ClO6S2/c18-15-8-9-16(14-7-2-1-6-13(14)15)26(23,24)25(21,22)12-5-3-4-11(10-12)17(19)20/h1-10H,(H,19,20). The number of carbonyl (C=O) groups is 1. The maximum absolute atomic E-state index is 12.9. The Balaban J connectivity index is 2.28. The molecule has 0 aliphatic carbocycles. The Morgan fingerprint density at radius 1 is 0.808 bits per heavy atom. The Kier molecular flexibility index (Phi) is 4.51. The average Bonchev–Trinajstić information content (AvgIpc) is 2.62. The van der Waals surface area contributed by atoms with Crippen molar-refractivity contribution in [2.24, 2.45) is 0 Å². The van der Waals surface area contributed by atoms with Gasteiger partial charge in [0.2, 0.25) is 0 Å². The van der Waals surface area contributed by atoms with Crippen LogP contribution < -0.4 is 0 Å². The zero-order valence-electron chi connectivity index (χ0n) is 13.0. The molecule has 0 fully saturated rings. The van der Waals surface area contributed by atoms with E-state index in [1.165, 1.54) is 24.3 Å². The van der Waals surface area contributed by atoms with Crippen molar-refractivity contribution in [1.82, 2.24) is 0 Å². The van der Waals surface area contributed by atoms with E-state index in [1.807, 2.05) is 0 Å². The van der Waals surface area contributed by atoms with Crippen LogP contribution in [0.4, 0.5) is 0 Å². The summed E-state index contributed by atoms with van der Waals surface area (Å²) in [5.41, 5.74) is -0.331. The molecule has 0 bridgehead atoms. The van der Waals surface area contributed by atoms with E-state index >= 15 is 0 Å². The molecule has 134 valence electrons. The van der Waals surface area contributed by atoms with E-state index in [0.717, 1.165) is 18.2 Å². The molecule has 3 rings (SSSR count). The molecular formula is C17H11ClO6S2. The van der Waals surface area contributed by atoms with Gasteiger partial charge in [-0.1, -0.05) is 41.9 Å². The molecule has 0 amide bonds. The number of hydrogen-bond donors (Lipinski definition) is 1. The summed E-state index contributed by atoms with van der Waals surface area (Å²) in [5.74, 6) is -1.36. The molecule has 9 heteroatoms. The van der Waals surface area contributed by atoms with Gasteiger partial charge in [-0.3, -0.25) is 0 Å². The van der Waals surface area contributed by atoms with E-state index in [4.69, 9.17) is 16.7 Å². The summed E-state index contributed by atoms with van der Waals surface area (Å²) in [7, 11) is -9.74. The van der Waals surface area contributed by atoms with Gasteiger partial charge in [0.25, 0.3) is 17.7 Å². The molecule has 0 saturated carbocycles. The number of carboxylic acids is 1. The number of halogens is 1. The van der Waals surface area contributed by atoms with Crippen molar-refractivity contribution in [2.45, 2.75) is 9.79 Å². The van der Waals surface area contributed by atoms with Crippen molar-refractivity contribution in [3.05, 3.63) is 71.2 Å². The number of aromatic carboxylic acids is 1. The first-order chi connectivity index (χ1) is 12.2. The van der Waals surface area contributed by atoms with Crippen molar-refractivity contribution in [2.75, 3.05) is 0 Å². The number of hydrogen-bond acceptors (Lipinski definition) is 5. The highest BCUT2D eigenvalue weighted by Gasteiger charge is 2.35. The van der Waals surface area contributed by atoms with E-state index < -0.39 is 33.5 Å². The topological polar surface area (TPSA) is 106 Å². The summed E-state index contributed by atoms with van der Waals surface area (Å²) in [6.07, 6.45) is 0. The first kappa shape index (κ1) is 18.4. The maximum Gasteiger partial charge on any atom is 0.335 e. The second kappa shape index (κ2) is 6.39. The molecule has 0 saturated heterocycles. The van der Waals surface area contributed by atoms with Crippen LogP contribution in [0.25, 0.3) is 10.8 Å². The molecule has 0 aliphatic heterocycles. The minimum Gasteiger partial charge on any atom is -0.478 e. The molecular weight excluding hydrogens is 400 g/mol. The highest BCUT2D eigenvalue weighted by atomic mass is 35.5. The maximum atomic E-state index is 12.9. The molecule has 6 nitrogen and oxygen atoms in total. The van der Waals surface area contributed by atoms with Crippen molar-refractivity contribution in [3.8, 4) is 0 Å². The predicted octanol–water partition coefficient (Wildman–Crippen LogP) is 3.35. The first-order valence-electron chi connectivity index (χ1n) is 7.17. The number of carboxylic acid groups (broad SMARTS) is 1. The van der Waals surface area contributed by atoms with E-state index in [0.29, 0.717) is 5.39 Å². The molecule has 26 heavy (non-hydrogen) atoms. The van der Waals surface area contributed by atoms with E-state index in [9.17, 15) is 21.6 Å². The third-order valence-electron chi connectivity index (χ3n) is 3.76. The Bertz CT molecular complexity index is 1250. The Hall–Kier alpha value is -2.42. The van der Waals surface area contributed by atoms with Crippen molar-refractivity contribution in [3.63, 3.8) is 0 Å². The highest BCUT2D eigenvalue weighted by Crippen LogP contribution is 2.33. The van der Waals surface area contributed by atoms with Crippen LogP contribution in [-0.2, 0) is 17.7 Å². The summed E-state index contributed by atoms with van der Waals surface area (Å²) in [6, 6.07) is 12.9. The molecule has 0 aromatic heterocycles. The molecule has 0 spiro atoms. The van der Waals surface area contributed by atoms with E-state index in [2.05, 4.69) is 0 Å². The zero-order chi connectivity index (χ0) is 19.1. The summed E-state index contributed by atoms with van der Waals surface area (Å²) in [5, 5.41) is 9.85. The number of benzene rings is 3. The molecule has 0 aliphatic rings. The molecule has 0 unspecified atom stereocenters. The fourth-order valence-electron chi connectivity index (χ4n) is 2.48. The van der Waals surface area contributed by atoms with Gasteiger partial charge in [-0.05, 0) is 30.3 Å². The van der Waals surface area contributed by atoms with Crippen LogP contribution in [0.5, 0.6) is 0 Å². The van der Waals surface area contributed by atoms with Gasteiger partial charge >= 0.3 is 5.97 Å². The smallest absolute Gasteiger partial charge is 0.335 e. The van der Waals surface area contributed by atoms with Crippen LogP contribution in [0.3, 0.4) is 0 Å². The second-order valence-corrected chi connectivity index (χ2v) is 11.1. The van der Waals surface area contributed by atoms with Crippen LogP contribution >= 0.6 is 11.6 Å². The molecule has 0 radical (unpaired) electrons. The zero-order valence-corrected chi connectivity index (χ0v) is 15.3. The average molecular weight is 411 g/mol. The van der Waals surface area contributed by atoms with Gasteiger partial charge in [-0.25, -0.2) is 21.6 Å². The normalized spacial score (nSPS) is 12.2. The third-order valence-corrected chi connectivity index (χ3v) is 9.24. The fourth-order valence-corrected chi connectivity index (χ4v) is 6.61. The minimum absolute atomic E-state index is 0.165. The van der Waals surface area contributed by atoms with Crippen LogP contribution in [-0.4, -0.2) is 27.9 Å². The summed E-state index contributed by atoms with van der Waals surface area (Å²) in [6.45, 7) is 0. The fraction of sp³-hybridized carbons (Fsp3) is 0. The van der Waals surface area contributed by atoms with Crippen LogP contribution in [0.15, 0.2) is 70.5 Å².